The summed E-state index contributed by atoms with van der Waals surface area (Å²) < 4.78 is 0. The van der Waals surface area contributed by atoms with Gasteiger partial charge in [-0.2, -0.15) is 0 Å². The first-order valence-electron chi connectivity index (χ1n) is 4.77. The minimum absolute atomic E-state index is 0.179. The molecule has 14 heavy (non-hydrogen) atoms. The highest BCUT2D eigenvalue weighted by Gasteiger charge is 2.13. The zero-order valence-electron chi connectivity index (χ0n) is 9.04. The van der Waals surface area contributed by atoms with Crippen molar-refractivity contribution in [1.82, 2.24) is 0 Å². The fourth-order valence-electron chi connectivity index (χ4n) is 1.29. The van der Waals surface area contributed by atoms with Crippen LogP contribution in [-0.4, -0.2) is 0 Å². The fraction of sp³-hybridized carbons (Fsp3) is 0.385. The number of hydrogen-bond donors (Lipinski definition) is 1. The Bertz CT molecular complexity index is 335. The molecule has 0 aliphatic heterocycles. The molecule has 0 bridgehead atoms. The summed E-state index contributed by atoms with van der Waals surface area (Å²) in [5, 5.41) is 0. The van der Waals surface area contributed by atoms with Crippen LogP contribution in [0, 0.1) is 12.3 Å². The molecule has 0 heterocycles. The second-order valence-corrected chi connectivity index (χ2v) is 4.52. The molecule has 0 fully saturated rings. The van der Waals surface area contributed by atoms with E-state index in [2.05, 4.69) is 38.8 Å². The maximum Gasteiger partial charge on any atom is 0.0918 e. The average Bonchev–Trinajstić information content (AvgIpc) is 2.15. The molecule has 1 aromatic carbocycles. The summed E-state index contributed by atoms with van der Waals surface area (Å²) in [6.45, 7) is 6.55. The van der Waals surface area contributed by atoms with Crippen molar-refractivity contribution >= 4 is 0 Å². The van der Waals surface area contributed by atoms with Crippen LogP contribution in [0.25, 0.3) is 0 Å². The summed E-state index contributed by atoms with van der Waals surface area (Å²) in [5.41, 5.74) is 8.19. The summed E-state index contributed by atoms with van der Waals surface area (Å²) in [6, 6.07) is 7.90. The van der Waals surface area contributed by atoms with Gasteiger partial charge in [-0.05, 0) is 16.5 Å². The van der Waals surface area contributed by atoms with E-state index in [0.717, 1.165) is 5.56 Å². The molecule has 1 unspecified atom stereocenters. The van der Waals surface area contributed by atoms with Crippen LogP contribution in [0.3, 0.4) is 0 Å². The van der Waals surface area contributed by atoms with Crippen LogP contribution in [0.5, 0.6) is 0 Å². The number of hydrogen-bond acceptors (Lipinski definition) is 1. The first-order chi connectivity index (χ1) is 6.45. The van der Waals surface area contributed by atoms with E-state index in [1.54, 1.807) is 0 Å². The first kappa shape index (κ1) is 10.8. The molecule has 0 spiro atoms. The van der Waals surface area contributed by atoms with E-state index in [0.29, 0.717) is 0 Å². The van der Waals surface area contributed by atoms with Gasteiger partial charge in [0.05, 0.1) is 6.04 Å². The monoisotopic (exact) mass is 187 g/mol. The average molecular weight is 187 g/mol. The molecule has 1 atom stereocenters. The minimum atomic E-state index is -0.288. The Hall–Kier alpha value is -1.26. The van der Waals surface area contributed by atoms with Crippen LogP contribution in [0.2, 0.25) is 0 Å². The molecular formula is C13H17N. The van der Waals surface area contributed by atoms with Crippen LogP contribution in [0.1, 0.15) is 37.9 Å². The van der Waals surface area contributed by atoms with Gasteiger partial charge in [-0.1, -0.05) is 51.0 Å². The number of rotatable bonds is 1. The summed E-state index contributed by atoms with van der Waals surface area (Å²) in [4.78, 5) is 0. The van der Waals surface area contributed by atoms with Crippen LogP contribution in [0.4, 0.5) is 0 Å². The second kappa shape index (κ2) is 3.86. The predicted octanol–water partition coefficient (Wildman–Crippen LogP) is 2.62. The molecule has 1 aromatic rings. The van der Waals surface area contributed by atoms with Crippen molar-refractivity contribution in [3.63, 3.8) is 0 Å². The molecule has 0 aliphatic carbocycles. The Morgan fingerprint density at radius 1 is 1.21 bits per heavy atom. The zero-order chi connectivity index (χ0) is 10.8. The lowest BCUT2D eigenvalue weighted by atomic mass is 9.86. The molecule has 0 saturated heterocycles. The first-order valence-corrected chi connectivity index (χ1v) is 4.77. The topological polar surface area (TPSA) is 26.0 Å². The van der Waals surface area contributed by atoms with Crippen molar-refractivity contribution in [1.29, 1.82) is 0 Å². The van der Waals surface area contributed by atoms with Gasteiger partial charge >= 0.3 is 0 Å². The highest BCUT2D eigenvalue weighted by molar-refractivity contribution is 5.31. The van der Waals surface area contributed by atoms with Gasteiger partial charge in [-0.25, -0.2) is 0 Å². The summed E-state index contributed by atoms with van der Waals surface area (Å²) >= 11 is 0. The summed E-state index contributed by atoms with van der Waals surface area (Å²) in [5.74, 6) is 2.52. The van der Waals surface area contributed by atoms with E-state index < -0.39 is 0 Å². The Labute approximate surface area is 86.3 Å². The molecule has 0 radical (unpaired) electrons. The van der Waals surface area contributed by atoms with Crippen LogP contribution in [0.15, 0.2) is 24.3 Å². The van der Waals surface area contributed by atoms with Gasteiger partial charge in [-0.3, -0.25) is 0 Å². The standard InChI is InChI=1S/C13H17N/c1-5-12(14)10-6-8-11(9-7-10)13(2,3)4/h1,6-9,12H,14H2,2-4H3. The third kappa shape index (κ3) is 2.37. The molecule has 0 amide bonds. The second-order valence-electron chi connectivity index (χ2n) is 4.52. The molecule has 1 heteroatoms. The zero-order valence-corrected chi connectivity index (χ0v) is 9.04. The van der Waals surface area contributed by atoms with Crippen molar-refractivity contribution in [3.05, 3.63) is 35.4 Å². The third-order valence-electron chi connectivity index (χ3n) is 2.32. The molecule has 2 N–H and O–H groups in total. The maximum atomic E-state index is 5.72. The van der Waals surface area contributed by atoms with E-state index in [-0.39, 0.29) is 11.5 Å². The maximum absolute atomic E-state index is 5.72. The molecule has 0 saturated carbocycles. The van der Waals surface area contributed by atoms with Gasteiger partial charge in [0.25, 0.3) is 0 Å². The summed E-state index contributed by atoms with van der Waals surface area (Å²) in [6.07, 6.45) is 5.25. The minimum Gasteiger partial charge on any atom is -0.314 e. The highest BCUT2D eigenvalue weighted by atomic mass is 14.6. The number of benzene rings is 1. The molecule has 0 aromatic heterocycles. The lowest BCUT2D eigenvalue weighted by Crippen LogP contribution is -2.12. The van der Waals surface area contributed by atoms with E-state index in [4.69, 9.17) is 12.2 Å². The number of nitrogens with two attached hydrogens (primary N) is 1. The summed E-state index contributed by atoms with van der Waals surface area (Å²) in [7, 11) is 0. The van der Waals surface area contributed by atoms with E-state index in [1.807, 2.05) is 12.1 Å². The molecular weight excluding hydrogens is 170 g/mol. The molecule has 0 aliphatic rings. The van der Waals surface area contributed by atoms with E-state index >= 15 is 0 Å². The molecule has 1 nitrogen and oxygen atoms in total. The van der Waals surface area contributed by atoms with E-state index in [1.165, 1.54) is 5.56 Å². The van der Waals surface area contributed by atoms with Crippen LogP contribution in [-0.2, 0) is 5.41 Å². The van der Waals surface area contributed by atoms with Gasteiger partial charge in [0.2, 0.25) is 0 Å². The van der Waals surface area contributed by atoms with Crippen LogP contribution >= 0.6 is 0 Å². The van der Waals surface area contributed by atoms with Crippen molar-refractivity contribution in [3.8, 4) is 12.3 Å². The third-order valence-corrected chi connectivity index (χ3v) is 2.32. The highest BCUT2D eigenvalue weighted by Crippen LogP contribution is 2.23. The fourth-order valence-corrected chi connectivity index (χ4v) is 1.29. The Morgan fingerprint density at radius 2 is 1.71 bits per heavy atom. The van der Waals surface area contributed by atoms with E-state index in [9.17, 15) is 0 Å². The smallest absolute Gasteiger partial charge is 0.0918 e. The lowest BCUT2D eigenvalue weighted by Gasteiger charge is -2.19. The van der Waals surface area contributed by atoms with Gasteiger partial charge in [0.15, 0.2) is 0 Å². The molecule has 74 valence electrons. The van der Waals surface area contributed by atoms with Crippen molar-refractivity contribution in [2.45, 2.75) is 32.2 Å². The predicted molar refractivity (Wildman–Crippen MR) is 60.9 cm³/mol. The van der Waals surface area contributed by atoms with Crippen LogP contribution < -0.4 is 5.73 Å². The van der Waals surface area contributed by atoms with Gasteiger partial charge in [0.1, 0.15) is 0 Å². The normalized spacial score (nSPS) is 13.4. The SMILES string of the molecule is C#CC(N)c1ccc(C(C)(C)C)cc1. The molecule has 1 rings (SSSR count). The Kier molecular flexibility index (Phi) is 2.98. The van der Waals surface area contributed by atoms with Crippen molar-refractivity contribution in [2.24, 2.45) is 5.73 Å². The van der Waals surface area contributed by atoms with Crippen molar-refractivity contribution in [2.75, 3.05) is 0 Å². The Balaban J connectivity index is 2.96. The van der Waals surface area contributed by atoms with Gasteiger partial charge in [-0.15, -0.1) is 6.42 Å². The lowest BCUT2D eigenvalue weighted by molar-refractivity contribution is 0.590. The Morgan fingerprint density at radius 3 is 2.07 bits per heavy atom. The quantitative estimate of drug-likeness (QED) is 0.672. The largest absolute Gasteiger partial charge is 0.314 e. The number of terminal acetylenes is 1. The van der Waals surface area contributed by atoms with Crippen molar-refractivity contribution < 1.29 is 0 Å². The van der Waals surface area contributed by atoms with Gasteiger partial charge in [0, 0.05) is 0 Å². The van der Waals surface area contributed by atoms with Gasteiger partial charge < -0.3 is 5.73 Å².